The van der Waals surface area contributed by atoms with Gasteiger partial charge in [-0.3, -0.25) is 9.59 Å². The van der Waals surface area contributed by atoms with E-state index < -0.39 is 0 Å². The molecule has 0 unspecified atom stereocenters. The topological polar surface area (TPSA) is 43.9 Å². The minimum Gasteiger partial charge on any atom is -0.378 e. The van der Waals surface area contributed by atoms with Crippen LogP contribution >= 0.6 is 0 Å². The molecule has 1 aromatic carbocycles. The number of amides is 2. The molecule has 1 aliphatic rings. The second-order valence-corrected chi connectivity index (χ2v) is 4.99. The first kappa shape index (κ1) is 13.4. The molecule has 1 saturated heterocycles. The van der Waals surface area contributed by atoms with Crippen LogP contribution in [0.3, 0.4) is 0 Å². The molecule has 0 saturated carbocycles. The van der Waals surface area contributed by atoms with Gasteiger partial charge >= 0.3 is 0 Å². The molecule has 102 valence electrons. The predicted molar refractivity (Wildman–Crippen MR) is 74.3 cm³/mol. The zero-order valence-corrected chi connectivity index (χ0v) is 11.6. The van der Waals surface area contributed by atoms with Crippen molar-refractivity contribution >= 4 is 17.5 Å². The number of carbonyl (C=O) groups excluding carboxylic acids is 2. The SMILES string of the molecule is CN1CCN(C(=O)c2cccc(N(C)C)c2)CC1=O. The second-order valence-electron chi connectivity index (χ2n) is 4.99. The summed E-state index contributed by atoms with van der Waals surface area (Å²) in [6.07, 6.45) is 0. The molecule has 0 atom stereocenters. The van der Waals surface area contributed by atoms with Gasteiger partial charge in [0.1, 0.15) is 6.54 Å². The number of nitrogens with zero attached hydrogens (tertiary/aromatic N) is 3. The Balaban J connectivity index is 2.16. The molecule has 0 spiro atoms. The molecule has 1 heterocycles. The lowest BCUT2D eigenvalue weighted by Gasteiger charge is -2.32. The van der Waals surface area contributed by atoms with Gasteiger partial charge in [0.25, 0.3) is 5.91 Å². The van der Waals surface area contributed by atoms with Crippen LogP contribution in [0.2, 0.25) is 0 Å². The Morgan fingerprint density at radius 1 is 1.26 bits per heavy atom. The van der Waals surface area contributed by atoms with E-state index in [9.17, 15) is 9.59 Å². The molecular weight excluding hydrogens is 242 g/mol. The average Bonchev–Trinajstić information content (AvgIpc) is 2.41. The van der Waals surface area contributed by atoms with E-state index in [-0.39, 0.29) is 18.4 Å². The highest BCUT2D eigenvalue weighted by Gasteiger charge is 2.25. The summed E-state index contributed by atoms with van der Waals surface area (Å²) in [6, 6.07) is 7.45. The molecule has 0 bridgehead atoms. The summed E-state index contributed by atoms with van der Waals surface area (Å²) in [5.74, 6) is -0.0893. The number of hydrogen-bond donors (Lipinski definition) is 0. The number of benzene rings is 1. The van der Waals surface area contributed by atoms with Gasteiger partial charge < -0.3 is 14.7 Å². The highest BCUT2D eigenvalue weighted by Crippen LogP contribution is 2.16. The molecule has 0 aromatic heterocycles. The fourth-order valence-electron chi connectivity index (χ4n) is 2.03. The van der Waals surface area contributed by atoms with E-state index in [4.69, 9.17) is 0 Å². The van der Waals surface area contributed by atoms with E-state index in [2.05, 4.69) is 0 Å². The van der Waals surface area contributed by atoms with Crippen molar-refractivity contribution in [3.8, 4) is 0 Å². The lowest BCUT2D eigenvalue weighted by Crippen LogP contribution is -2.50. The predicted octanol–water partition coefficient (Wildman–Crippen LogP) is 0.667. The van der Waals surface area contributed by atoms with Crippen molar-refractivity contribution in [1.29, 1.82) is 0 Å². The third kappa shape index (κ3) is 2.86. The Hall–Kier alpha value is -2.04. The number of piperazine rings is 1. The summed E-state index contributed by atoms with van der Waals surface area (Å²) in [4.78, 5) is 29.2. The van der Waals surface area contributed by atoms with E-state index in [1.54, 1.807) is 22.9 Å². The van der Waals surface area contributed by atoms with Crippen molar-refractivity contribution in [1.82, 2.24) is 9.80 Å². The first-order valence-electron chi connectivity index (χ1n) is 6.29. The Morgan fingerprint density at radius 2 is 2.00 bits per heavy atom. The second kappa shape index (κ2) is 5.30. The molecule has 0 N–H and O–H groups in total. The van der Waals surface area contributed by atoms with Crippen LogP contribution in [0.15, 0.2) is 24.3 Å². The summed E-state index contributed by atoms with van der Waals surface area (Å²) >= 11 is 0. The summed E-state index contributed by atoms with van der Waals surface area (Å²) < 4.78 is 0. The minimum atomic E-state index is -0.0786. The van der Waals surface area contributed by atoms with E-state index in [0.717, 1.165) is 5.69 Å². The number of hydrogen-bond acceptors (Lipinski definition) is 3. The Labute approximate surface area is 113 Å². The minimum absolute atomic E-state index is 0.0108. The van der Waals surface area contributed by atoms with Gasteiger partial charge in [0.15, 0.2) is 0 Å². The van der Waals surface area contributed by atoms with Crippen LogP contribution in [-0.2, 0) is 4.79 Å². The number of carbonyl (C=O) groups is 2. The fourth-order valence-corrected chi connectivity index (χ4v) is 2.03. The summed E-state index contributed by atoms with van der Waals surface area (Å²) in [7, 11) is 5.63. The van der Waals surface area contributed by atoms with Gasteiger partial charge in [-0.15, -0.1) is 0 Å². The zero-order chi connectivity index (χ0) is 14.0. The van der Waals surface area contributed by atoms with Gasteiger partial charge in [-0.2, -0.15) is 0 Å². The molecule has 5 heteroatoms. The van der Waals surface area contributed by atoms with Gasteiger partial charge in [0.05, 0.1) is 0 Å². The molecule has 19 heavy (non-hydrogen) atoms. The molecule has 1 aliphatic heterocycles. The number of anilines is 1. The Bertz CT molecular complexity index is 499. The molecular formula is C14H19N3O2. The van der Waals surface area contributed by atoms with Crippen LogP contribution in [-0.4, -0.2) is 62.4 Å². The van der Waals surface area contributed by atoms with E-state index >= 15 is 0 Å². The third-order valence-corrected chi connectivity index (χ3v) is 3.35. The van der Waals surface area contributed by atoms with Gasteiger partial charge in [-0.25, -0.2) is 0 Å². The zero-order valence-electron chi connectivity index (χ0n) is 11.6. The monoisotopic (exact) mass is 261 g/mol. The maximum Gasteiger partial charge on any atom is 0.254 e. The van der Waals surface area contributed by atoms with E-state index in [1.165, 1.54) is 0 Å². The van der Waals surface area contributed by atoms with Crippen LogP contribution in [0.4, 0.5) is 5.69 Å². The maximum absolute atomic E-state index is 12.4. The average molecular weight is 261 g/mol. The van der Waals surface area contributed by atoms with Crippen LogP contribution in [0.5, 0.6) is 0 Å². The van der Waals surface area contributed by atoms with Crippen molar-refractivity contribution in [2.24, 2.45) is 0 Å². The van der Waals surface area contributed by atoms with Crippen molar-refractivity contribution in [3.63, 3.8) is 0 Å². The number of rotatable bonds is 2. The highest BCUT2D eigenvalue weighted by molar-refractivity contribution is 5.97. The van der Waals surface area contributed by atoms with Crippen molar-refractivity contribution in [3.05, 3.63) is 29.8 Å². The Morgan fingerprint density at radius 3 is 2.63 bits per heavy atom. The highest BCUT2D eigenvalue weighted by atomic mass is 16.2. The van der Waals surface area contributed by atoms with Gasteiger partial charge in [0.2, 0.25) is 5.91 Å². The van der Waals surface area contributed by atoms with Crippen molar-refractivity contribution in [2.45, 2.75) is 0 Å². The normalized spacial score (nSPS) is 15.6. The van der Waals surface area contributed by atoms with Crippen LogP contribution in [0, 0.1) is 0 Å². The summed E-state index contributed by atoms with van der Waals surface area (Å²) in [6.45, 7) is 1.35. The van der Waals surface area contributed by atoms with Gasteiger partial charge in [0, 0.05) is 45.5 Å². The van der Waals surface area contributed by atoms with Gasteiger partial charge in [-0.05, 0) is 18.2 Å². The molecule has 2 amide bonds. The van der Waals surface area contributed by atoms with E-state index in [1.807, 2.05) is 37.2 Å². The standard InChI is InChI=1S/C14H19N3O2/c1-15(2)12-6-4-5-11(9-12)14(19)17-8-7-16(3)13(18)10-17/h4-6,9H,7-8,10H2,1-3H3. The summed E-state index contributed by atoms with van der Waals surface area (Å²) in [5, 5.41) is 0. The van der Waals surface area contributed by atoms with Crippen LogP contribution in [0.25, 0.3) is 0 Å². The van der Waals surface area contributed by atoms with Crippen molar-refractivity contribution < 1.29 is 9.59 Å². The summed E-state index contributed by atoms with van der Waals surface area (Å²) in [5.41, 5.74) is 1.61. The quantitative estimate of drug-likeness (QED) is 0.786. The van der Waals surface area contributed by atoms with Crippen LogP contribution < -0.4 is 4.90 Å². The first-order valence-corrected chi connectivity index (χ1v) is 6.29. The molecule has 0 radical (unpaired) electrons. The lowest BCUT2D eigenvalue weighted by molar-refractivity contribution is -0.133. The lowest BCUT2D eigenvalue weighted by atomic mass is 10.1. The number of likely N-dealkylation sites (N-methyl/N-ethyl adjacent to an activating group) is 1. The molecule has 0 aliphatic carbocycles. The molecule has 5 nitrogen and oxygen atoms in total. The Kier molecular flexibility index (Phi) is 3.74. The smallest absolute Gasteiger partial charge is 0.254 e. The first-order chi connectivity index (χ1) is 8.99. The fraction of sp³-hybridized carbons (Fsp3) is 0.429. The van der Waals surface area contributed by atoms with E-state index in [0.29, 0.717) is 18.7 Å². The maximum atomic E-state index is 12.4. The van der Waals surface area contributed by atoms with Crippen molar-refractivity contribution in [2.75, 3.05) is 45.7 Å². The van der Waals surface area contributed by atoms with Gasteiger partial charge in [-0.1, -0.05) is 6.07 Å². The molecule has 2 rings (SSSR count). The largest absolute Gasteiger partial charge is 0.378 e. The molecule has 1 aromatic rings. The van der Waals surface area contributed by atoms with Crippen LogP contribution in [0.1, 0.15) is 10.4 Å². The molecule has 1 fully saturated rings. The third-order valence-electron chi connectivity index (χ3n) is 3.35.